The van der Waals surface area contributed by atoms with Crippen molar-refractivity contribution in [1.29, 1.82) is 0 Å². The third kappa shape index (κ3) is 7.74. The average molecular weight is 837 g/mol. The molecule has 3 saturated heterocycles. The van der Waals surface area contributed by atoms with Gasteiger partial charge in [-0.1, -0.05) is 11.6 Å². The number of carbonyl (C=O) groups excluding carboxylic acids is 5. The summed E-state index contributed by atoms with van der Waals surface area (Å²) in [4.78, 5) is 93.0. The van der Waals surface area contributed by atoms with Gasteiger partial charge in [-0.25, -0.2) is 4.98 Å². The van der Waals surface area contributed by atoms with Gasteiger partial charge in [-0.2, -0.15) is 4.98 Å². The number of imide groups is 2. The average Bonchev–Trinajstić information content (AvgIpc) is 4.06. The van der Waals surface area contributed by atoms with Crippen LogP contribution < -0.4 is 36.0 Å². The van der Waals surface area contributed by atoms with Gasteiger partial charge in [0, 0.05) is 82.1 Å². The molecule has 0 radical (unpaired) electrons. The van der Waals surface area contributed by atoms with Crippen molar-refractivity contribution in [3.63, 3.8) is 0 Å². The molecular weight excluding hydrogens is 792 g/mol. The maximum absolute atomic E-state index is 13.4. The highest BCUT2D eigenvalue weighted by atomic mass is 35.5. The number of benzene rings is 2. The minimum Gasteiger partial charge on any atom is -0.478 e. The second-order valence-electron chi connectivity index (χ2n) is 16.0. The predicted molar refractivity (Wildman–Crippen MR) is 223 cm³/mol. The Morgan fingerprint density at radius 2 is 1.65 bits per heavy atom. The Labute approximate surface area is 350 Å². The van der Waals surface area contributed by atoms with E-state index in [0.29, 0.717) is 28.3 Å². The van der Waals surface area contributed by atoms with Crippen molar-refractivity contribution in [3.8, 4) is 5.75 Å². The molecule has 2 aromatic carbocycles. The fraction of sp³-hybridized carbons (Fsp3) is 0.429. The molecular formula is C42H45ClN10O7. The van der Waals surface area contributed by atoms with Gasteiger partial charge >= 0.3 is 0 Å². The Morgan fingerprint density at radius 1 is 0.883 bits per heavy atom. The van der Waals surface area contributed by atoms with E-state index >= 15 is 0 Å². The van der Waals surface area contributed by atoms with E-state index in [4.69, 9.17) is 21.3 Å². The molecule has 2 aromatic heterocycles. The van der Waals surface area contributed by atoms with Crippen LogP contribution in [0.2, 0.25) is 5.02 Å². The van der Waals surface area contributed by atoms with E-state index in [1.807, 2.05) is 24.3 Å². The Hall–Kier alpha value is -6.07. The van der Waals surface area contributed by atoms with Gasteiger partial charge in [-0.05, 0) is 80.5 Å². The summed E-state index contributed by atoms with van der Waals surface area (Å²) in [7, 11) is 1.52. The Morgan fingerprint density at radius 3 is 2.38 bits per heavy atom. The third-order valence-electron chi connectivity index (χ3n) is 12.1. The van der Waals surface area contributed by atoms with Crippen molar-refractivity contribution < 1.29 is 28.7 Å². The number of anilines is 4. The second kappa shape index (κ2) is 16.2. The quantitative estimate of drug-likeness (QED) is 0.187. The van der Waals surface area contributed by atoms with Gasteiger partial charge in [0.1, 0.15) is 11.1 Å². The van der Waals surface area contributed by atoms with Crippen molar-refractivity contribution >= 4 is 75.2 Å². The summed E-state index contributed by atoms with van der Waals surface area (Å²) < 4.78 is 7.39. The number of ether oxygens (including phenoxy) is 1. The molecule has 18 heteroatoms. The molecule has 4 aromatic rings. The zero-order valence-electron chi connectivity index (χ0n) is 33.1. The summed E-state index contributed by atoms with van der Waals surface area (Å²) >= 11 is 6.60. The second-order valence-corrected chi connectivity index (χ2v) is 16.4. The lowest BCUT2D eigenvalue weighted by Crippen LogP contribution is -2.54. The fourth-order valence-electron chi connectivity index (χ4n) is 8.67. The van der Waals surface area contributed by atoms with Gasteiger partial charge in [0.05, 0.1) is 22.8 Å². The Balaban J connectivity index is 0.790. The summed E-state index contributed by atoms with van der Waals surface area (Å²) in [5.74, 6) is -0.653. The van der Waals surface area contributed by atoms with Gasteiger partial charge in [0.15, 0.2) is 18.2 Å². The molecule has 312 valence electrons. The Bertz CT molecular complexity index is 2470. The van der Waals surface area contributed by atoms with Crippen molar-refractivity contribution in [3.05, 3.63) is 75.2 Å². The lowest BCUT2D eigenvalue weighted by atomic mass is 9.95. The van der Waals surface area contributed by atoms with Crippen LogP contribution in [0.4, 0.5) is 23.1 Å². The van der Waals surface area contributed by atoms with Crippen molar-refractivity contribution in [2.24, 2.45) is 5.92 Å². The van der Waals surface area contributed by atoms with Crippen molar-refractivity contribution in [1.82, 2.24) is 35.0 Å². The van der Waals surface area contributed by atoms with Crippen molar-refractivity contribution in [2.75, 3.05) is 74.6 Å². The first-order chi connectivity index (χ1) is 29.0. The number of amides is 5. The molecule has 1 unspecified atom stereocenters. The van der Waals surface area contributed by atoms with E-state index in [1.54, 1.807) is 29.0 Å². The summed E-state index contributed by atoms with van der Waals surface area (Å²) in [5, 5.41) is 9.24. The molecule has 1 aliphatic carbocycles. The molecule has 0 bridgehead atoms. The third-order valence-corrected chi connectivity index (χ3v) is 12.4. The number of piperidine rings is 2. The van der Waals surface area contributed by atoms with E-state index in [9.17, 15) is 28.8 Å². The van der Waals surface area contributed by atoms with Crippen LogP contribution in [0.25, 0.3) is 10.9 Å². The normalized spacial score (nSPS) is 20.1. The predicted octanol–water partition coefficient (Wildman–Crippen LogP) is 3.09. The molecule has 9 rings (SSSR count). The van der Waals surface area contributed by atoms with Crippen molar-refractivity contribution in [2.45, 2.75) is 50.6 Å². The smallest absolute Gasteiger partial charge is 0.293 e. The molecule has 17 nitrogen and oxygen atoms in total. The fourth-order valence-corrected chi connectivity index (χ4v) is 8.81. The SMILES string of the molecule is CNC(=O)COc1cc2cc(Nc3nc(N4CCN(CC5CCN(c6ccc7c(c6)C(=O)N(C6CCC(=O)NC6=O)C7=O)CC5)CC4)ncc3Cl)ccc2n(C2CC2)c1=O. The molecule has 5 amide bonds. The first kappa shape index (κ1) is 39.4. The number of aromatic nitrogens is 3. The molecule has 0 spiro atoms. The van der Waals surface area contributed by atoms with Gasteiger partial charge in [-0.15, -0.1) is 0 Å². The number of hydrogen-bond acceptors (Lipinski definition) is 13. The number of fused-ring (bicyclic) bond motifs is 2. The van der Waals surface area contributed by atoms with Crippen LogP contribution in [0.1, 0.15) is 65.3 Å². The molecule has 4 fully saturated rings. The van der Waals surface area contributed by atoms with E-state index in [2.05, 4.69) is 35.6 Å². The number of piperazine rings is 1. The molecule has 4 aliphatic heterocycles. The maximum atomic E-state index is 13.4. The number of nitrogens with zero attached hydrogens (tertiary/aromatic N) is 7. The van der Waals surface area contributed by atoms with Crippen LogP contribution in [0, 0.1) is 5.92 Å². The first-order valence-corrected chi connectivity index (χ1v) is 20.8. The molecule has 1 saturated carbocycles. The minimum atomic E-state index is -0.984. The van der Waals surface area contributed by atoms with E-state index < -0.39 is 29.7 Å². The Kier molecular flexibility index (Phi) is 10.6. The summed E-state index contributed by atoms with van der Waals surface area (Å²) in [6.45, 7) is 5.59. The number of hydrogen-bond donors (Lipinski definition) is 3. The van der Waals surface area contributed by atoms with Crippen LogP contribution in [0.3, 0.4) is 0 Å². The number of halogens is 1. The van der Waals surface area contributed by atoms with Crippen LogP contribution in [0.15, 0.2) is 53.5 Å². The summed E-state index contributed by atoms with van der Waals surface area (Å²) in [6, 6.07) is 11.8. The standard InChI is InChI=1S/C42H45ClN10O7/c1-44-36(55)23-60-34-19-25-18-26(2-7-32(25)52(41(34)59)27-3-4-27)46-37-31(43)21-45-42(48-37)51-16-14-49(15-17-51)22-24-10-12-50(13-11-24)28-5-6-29-30(20-28)40(58)53(39(29)57)33-8-9-35(54)47-38(33)56/h2,5-7,18-21,24,27,33H,3-4,8-17,22-23H2,1H3,(H,44,55)(H,45,46,48)(H,47,54,56). The molecule has 1 atom stereocenters. The van der Waals surface area contributed by atoms with Crippen LogP contribution in [-0.4, -0.2) is 119 Å². The number of pyridine rings is 1. The van der Waals surface area contributed by atoms with E-state index in [1.165, 1.54) is 7.05 Å². The molecule has 3 N–H and O–H groups in total. The number of rotatable bonds is 11. The largest absolute Gasteiger partial charge is 0.478 e. The number of carbonyl (C=O) groups is 5. The highest BCUT2D eigenvalue weighted by molar-refractivity contribution is 6.33. The zero-order valence-corrected chi connectivity index (χ0v) is 33.9. The topological polar surface area (TPSA) is 191 Å². The monoisotopic (exact) mass is 836 g/mol. The van der Waals surface area contributed by atoms with Crippen LogP contribution in [0.5, 0.6) is 5.75 Å². The lowest BCUT2D eigenvalue weighted by molar-refractivity contribution is -0.136. The van der Waals surface area contributed by atoms with E-state index in [-0.39, 0.29) is 48.3 Å². The number of nitrogens with one attached hydrogen (secondary N) is 3. The molecule has 60 heavy (non-hydrogen) atoms. The highest BCUT2D eigenvalue weighted by Crippen LogP contribution is 2.38. The first-order valence-electron chi connectivity index (χ1n) is 20.4. The van der Waals surface area contributed by atoms with Gasteiger partial charge < -0.3 is 29.7 Å². The van der Waals surface area contributed by atoms with Gasteiger partial charge in [0.2, 0.25) is 17.8 Å². The molecule has 5 aliphatic rings. The van der Waals surface area contributed by atoms with Crippen LogP contribution in [-0.2, 0) is 14.4 Å². The van der Waals surface area contributed by atoms with Crippen LogP contribution >= 0.6 is 11.6 Å². The summed E-state index contributed by atoms with van der Waals surface area (Å²) in [5.41, 5.74) is 2.72. The number of likely N-dealkylation sites (N-methyl/N-ethyl adjacent to an activating group) is 1. The van der Waals surface area contributed by atoms with Gasteiger partial charge in [0.25, 0.3) is 23.3 Å². The van der Waals surface area contributed by atoms with E-state index in [0.717, 1.165) is 98.7 Å². The lowest BCUT2D eigenvalue weighted by Gasteiger charge is -2.39. The molecule has 6 heterocycles. The maximum Gasteiger partial charge on any atom is 0.293 e. The van der Waals surface area contributed by atoms with Gasteiger partial charge in [-0.3, -0.25) is 43.9 Å². The minimum absolute atomic E-state index is 0.0830. The highest BCUT2D eigenvalue weighted by Gasteiger charge is 2.45. The zero-order chi connectivity index (χ0) is 41.7. The summed E-state index contributed by atoms with van der Waals surface area (Å²) in [6.07, 6.45) is 5.60.